The fourth-order valence-corrected chi connectivity index (χ4v) is 7.05. The molecule has 3 aliphatic rings. The number of carbonyl (C=O) groups excluding carboxylic acids is 1. The van der Waals surface area contributed by atoms with Gasteiger partial charge in [0, 0.05) is 80.4 Å². The number of nitrogens with one attached hydrogen (secondary N) is 3. The summed E-state index contributed by atoms with van der Waals surface area (Å²) in [6.07, 6.45) is 9.89. The van der Waals surface area contributed by atoms with E-state index in [2.05, 4.69) is 42.3 Å². The predicted molar refractivity (Wildman–Crippen MR) is 176 cm³/mol. The number of aromatic nitrogens is 4. The minimum atomic E-state index is -0.724. The molecule has 0 spiro atoms. The number of likely N-dealkylation sites (N-methyl/N-ethyl adjacent to an activating group) is 1. The number of anilines is 4. The molecular formula is C33H41FN10O. The van der Waals surface area contributed by atoms with Gasteiger partial charge in [-0.15, -0.1) is 0 Å². The smallest absolute Gasteiger partial charge is 0.271 e. The van der Waals surface area contributed by atoms with Gasteiger partial charge in [0.1, 0.15) is 17.2 Å². The van der Waals surface area contributed by atoms with Crippen LogP contribution < -0.4 is 21.3 Å². The van der Waals surface area contributed by atoms with Crippen LogP contribution >= 0.6 is 0 Å². The number of amides is 1. The van der Waals surface area contributed by atoms with E-state index in [-0.39, 0.29) is 23.4 Å². The molecule has 236 valence electrons. The number of carbonyl (C=O) groups is 1. The van der Waals surface area contributed by atoms with Crippen LogP contribution in [-0.4, -0.2) is 94.0 Å². The average Bonchev–Trinajstić information content (AvgIpc) is 3.74. The van der Waals surface area contributed by atoms with Crippen LogP contribution in [-0.2, 0) is 0 Å². The topological polar surface area (TPSA) is 131 Å². The van der Waals surface area contributed by atoms with E-state index in [9.17, 15) is 4.79 Å². The van der Waals surface area contributed by atoms with Gasteiger partial charge in [-0.3, -0.25) is 9.69 Å². The summed E-state index contributed by atoms with van der Waals surface area (Å²) in [6.45, 7) is 6.05. The number of piperazine rings is 1. The van der Waals surface area contributed by atoms with Gasteiger partial charge in [0.2, 0.25) is 0 Å². The molecule has 1 saturated carbocycles. The Balaban J connectivity index is 1.14. The van der Waals surface area contributed by atoms with Crippen molar-refractivity contribution >= 4 is 40.0 Å². The first-order chi connectivity index (χ1) is 21.9. The predicted octanol–water partition coefficient (Wildman–Crippen LogP) is 4.57. The highest BCUT2D eigenvalue weighted by Gasteiger charge is 2.28. The lowest BCUT2D eigenvalue weighted by molar-refractivity contribution is 0.0981. The van der Waals surface area contributed by atoms with Gasteiger partial charge in [-0.25, -0.2) is 19.3 Å². The van der Waals surface area contributed by atoms with E-state index in [1.165, 1.54) is 6.07 Å². The van der Waals surface area contributed by atoms with Crippen molar-refractivity contribution in [1.82, 2.24) is 29.7 Å². The van der Waals surface area contributed by atoms with Gasteiger partial charge in [-0.2, -0.15) is 0 Å². The number of piperidine rings is 1. The Labute approximate surface area is 262 Å². The highest BCUT2D eigenvalue weighted by Crippen LogP contribution is 2.35. The molecular weight excluding hydrogens is 571 g/mol. The van der Waals surface area contributed by atoms with Crippen molar-refractivity contribution < 1.29 is 9.18 Å². The van der Waals surface area contributed by atoms with Crippen LogP contribution in [0.3, 0.4) is 0 Å². The molecule has 7 rings (SSSR count). The molecule has 1 amide bonds. The summed E-state index contributed by atoms with van der Waals surface area (Å²) >= 11 is 0. The van der Waals surface area contributed by atoms with E-state index in [0.717, 1.165) is 88.7 Å². The van der Waals surface area contributed by atoms with E-state index < -0.39 is 5.91 Å². The van der Waals surface area contributed by atoms with Gasteiger partial charge in [0.15, 0.2) is 17.3 Å². The van der Waals surface area contributed by atoms with Crippen molar-refractivity contribution in [3.05, 3.63) is 54.2 Å². The van der Waals surface area contributed by atoms with Gasteiger partial charge >= 0.3 is 0 Å². The molecule has 11 nitrogen and oxygen atoms in total. The summed E-state index contributed by atoms with van der Waals surface area (Å²) in [6, 6.07) is 9.66. The highest BCUT2D eigenvalue weighted by molar-refractivity contribution is 6.00. The lowest BCUT2D eigenvalue weighted by Crippen LogP contribution is -2.52. The minimum Gasteiger partial charge on any atom is -0.369 e. The highest BCUT2D eigenvalue weighted by atomic mass is 19.1. The zero-order valence-corrected chi connectivity index (χ0v) is 25.7. The van der Waals surface area contributed by atoms with Crippen LogP contribution in [0.1, 0.15) is 49.0 Å². The fraction of sp³-hybridized carbons (Fsp3) is 0.455. The zero-order valence-electron chi connectivity index (χ0n) is 25.7. The molecule has 0 radical (unpaired) electrons. The van der Waals surface area contributed by atoms with Gasteiger partial charge < -0.3 is 31.2 Å². The number of nitrogens with two attached hydrogens (primary N) is 1. The number of fused-ring (bicyclic) bond motifs is 1. The standard InChI is InChI=1S/C33H41FN10O/c1-42-16-18-43(19-17-42)23-10-14-44(15-11-23)27-7-6-22(20-26(27)34)39-33-29(30(35)45)40-28(32(41-33)38-21-4-2-3-5-21)24-8-12-36-31-25(24)9-13-37-31/h6-9,12-13,20-21,23H,2-5,10-11,14-19H2,1H3,(H2,35,45)(H,36,37)(H2,38,39,41). The summed E-state index contributed by atoms with van der Waals surface area (Å²) in [5, 5.41) is 7.58. The molecule has 3 fully saturated rings. The van der Waals surface area contributed by atoms with E-state index in [1.807, 2.05) is 24.4 Å². The Kier molecular flexibility index (Phi) is 8.24. The molecule has 0 bridgehead atoms. The number of nitrogens with zero attached hydrogens (tertiary/aromatic N) is 6. The average molecular weight is 613 g/mol. The Hall–Kier alpha value is -4.29. The van der Waals surface area contributed by atoms with Crippen LogP contribution in [0.2, 0.25) is 0 Å². The number of primary amides is 1. The number of rotatable bonds is 8. The second-order valence-corrected chi connectivity index (χ2v) is 12.6. The second kappa shape index (κ2) is 12.6. The maximum absolute atomic E-state index is 15.6. The SMILES string of the molecule is CN1CCN(C2CCN(c3ccc(Nc4nc(NC5CCCC5)c(-c5ccnc6[nH]ccc56)nc4C(N)=O)cc3F)CC2)CC1. The zero-order chi connectivity index (χ0) is 30.9. The number of benzene rings is 1. The van der Waals surface area contributed by atoms with Crippen molar-refractivity contribution in [3.63, 3.8) is 0 Å². The van der Waals surface area contributed by atoms with Crippen LogP contribution in [0, 0.1) is 5.82 Å². The van der Waals surface area contributed by atoms with Gasteiger partial charge in [0.05, 0.1) is 5.69 Å². The van der Waals surface area contributed by atoms with Gasteiger partial charge in [-0.05, 0) is 63.1 Å². The molecule has 4 aromatic rings. The third kappa shape index (κ3) is 6.16. The number of pyridine rings is 1. The molecule has 12 heteroatoms. The third-order valence-corrected chi connectivity index (χ3v) is 9.61. The normalized spacial score (nSPS) is 18.9. The molecule has 0 atom stereocenters. The Bertz CT molecular complexity index is 1670. The van der Waals surface area contributed by atoms with E-state index in [0.29, 0.717) is 34.6 Å². The number of aromatic amines is 1. The van der Waals surface area contributed by atoms with Crippen molar-refractivity contribution in [2.75, 3.05) is 61.8 Å². The van der Waals surface area contributed by atoms with Crippen molar-refractivity contribution in [2.24, 2.45) is 5.73 Å². The molecule has 3 aromatic heterocycles. The first kappa shape index (κ1) is 29.4. The first-order valence-corrected chi connectivity index (χ1v) is 16.1. The van der Waals surface area contributed by atoms with Crippen LogP contribution in [0.5, 0.6) is 0 Å². The molecule has 1 aromatic carbocycles. The number of H-pyrrole nitrogens is 1. The van der Waals surface area contributed by atoms with Crippen LogP contribution in [0.25, 0.3) is 22.3 Å². The lowest BCUT2D eigenvalue weighted by atomic mass is 10.0. The summed E-state index contributed by atoms with van der Waals surface area (Å²) in [4.78, 5) is 37.0. The second-order valence-electron chi connectivity index (χ2n) is 12.6. The largest absolute Gasteiger partial charge is 0.369 e. The lowest BCUT2D eigenvalue weighted by Gasteiger charge is -2.42. The summed E-state index contributed by atoms with van der Waals surface area (Å²) in [7, 11) is 2.17. The Morgan fingerprint density at radius 1 is 0.978 bits per heavy atom. The molecule has 1 aliphatic carbocycles. The van der Waals surface area contributed by atoms with Crippen LogP contribution in [0.4, 0.5) is 27.4 Å². The van der Waals surface area contributed by atoms with E-state index in [4.69, 9.17) is 15.7 Å². The Morgan fingerprint density at radius 2 is 1.76 bits per heavy atom. The molecule has 5 N–H and O–H groups in total. The molecule has 5 heterocycles. The fourth-order valence-electron chi connectivity index (χ4n) is 7.05. The quantitative estimate of drug-likeness (QED) is 0.226. The molecule has 45 heavy (non-hydrogen) atoms. The van der Waals surface area contributed by atoms with Gasteiger partial charge in [0.25, 0.3) is 5.91 Å². The summed E-state index contributed by atoms with van der Waals surface area (Å²) in [5.41, 5.74) is 8.90. The molecule has 2 saturated heterocycles. The van der Waals surface area contributed by atoms with E-state index >= 15 is 4.39 Å². The molecule has 0 unspecified atom stereocenters. The maximum Gasteiger partial charge on any atom is 0.271 e. The van der Waals surface area contributed by atoms with E-state index in [1.54, 1.807) is 12.3 Å². The number of hydrogen-bond acceptors (Lipinski definition) is 9. The van der Waals surface area contributed by atoms with Crippen LogP contribution in [0.15, 0.2) is 42.7 Å². The maximum atomic E-state index is 15.6. The van der Waals surface area contributed by atoms with Crippen molar-refractivity contribution in [1.29, 1.82) is 0 Å². The van der Waals surface area contributed by atoms with Crippen molar-refractivity contribution in [3.8, 4) is 11.3 Å². The first-order valence-electron chi connectivity index (χ1n) is 16.1. The van der Waals surface area contributed by atoms with Crippen molar-refractivity contribution in [2.45, 2.75) is 50.6 Å². The summed E-state index contributed by atoms with van der Waals surface area (Å²) in [5.74, 6) is -0.313. The molecule has 2 aliphatic heterocycles. The number of hydrogen-bond donors (Lipinski definition) is 4. The number of halogens is 1. The third-order valence-electron chi connectivity index (χ3n) is 9.61. The monoisotopic (exact) mass is 612 g/mol. The Morgan fingerprint density at radius 3 is 2.49 bits per heavy atom. The minimum absolute atomic E-state index is 0.0158. The summed E-state index contributed by atoms with van der Waals surface area (Å²) < 4.78 is 15.6. The van der Waals surface area contributed by atoms with Gasteiger partial charge in [-0.1, -0.05) is 12.8 Å².